The summed E-state index contributed by atoms with van der Waals surface area (Å²) in [6, 6.07) is 12.0. The Bertz CT molecular complexity index is 782. The molecule has 1 aromatic heterocycles. The monoisotopic (exact) mass is 369 g/mol. The number of aromatic nitrogens is 1. The molecule has 1 atom stereocenters. The molecule has 0 radical (unpaired) electrons. The minimum atomic E-state index is -0.209. The van der Waals surface area contributed by atoms with Crippen LogP contribution in [0, 0.1) is 5.41 Å². The minimum Gasteiger partial charge on any atom is -0.338 e. The SMILES string of the molecule is O=C1N(Cc2cccnc2)CCCC12CCN(Cc1cccc(Cl)c1)C2. The van der Waals surface area contributed by atoms with Crippen molar-refractivity contribution in [2.45, 2.75) is 32.4 Å². The molecule has 4 rings (SSSR count). The van der Waals surface area contributed by atoms with Gasteiger partial charge in [-0.05, 0) is 55.1 Å². The number of carbonyl (C=O) groups is 1. The van der Waals surface area contributed by atoms with E-state index in [9.17, 15) is 4.79 Å². The molecule has 136 valence electrons. The molecule has 0 N–H and O–H groups in total. The fourth-order valence-corrected chi connectivity index (χ4v) is 4.59. The first-order valence-corrected chi connectivity index (χ1v) is 9.68. The van der Waals surface area contributed by atoms with Crippen LogP contribution in [0.4, 0.5) is 0 Å². The van der Waals surface area contributed by atoms with Crippen molar-refractivity contribution < 1.29 is 4.79 Å². The molecule has 2 saturated heterocycles. The van der Waals surface area contributed by atoms with Crippen molar-refractivity contribution in [2.24, 2.45) is 5.41 Å². The Balaban J connectivity index is 1.44. The zero-order chi connectivity index (χ0) is 18.0. The van der Waals surface area contributed by atoms with Crippen molar-refractivity contribution in [3.8, 4) is 0 Å². The third kappa shape index (κ3) is 3.62. The normalized spacial score (nSPS) is 23.7. The summed E-state index contributed by atoms with van der Waals surface area (Å²) in [5.41, 5.74) is 2.11. The van der Waals surface area contributed by atoms with Gasteiger partial charge in [-0.15, -0.1) is 0 Å². The molecule has 1 amide bonds. The van der Waals surface area contributed by atoms with E-state index in [4.69, 9.17) is 11.6 Å². The predicted octanol–water partition coefficient (Wildman–Crippen LogP) is 3.75. The second-order valence-electron chi connectivity index (χ2n) is 7.56. The maximum atomic E-state index is 13.3. The van der Waals surface area contributed by atoms with Crippen molar-refractivity contribution in [1.82, 2.24) is 14.8 Å². The Morgan fingerprint density at radius 2 is 1.96 bits per heavy atom. The van der Waals surface area contributed by atoms with Crippen LogP contribution < -0.4 is 0 Å². The number of hydrogen-bond donors (Lipinski definition) is 0. The summed E-state index contributed by atoms with van der Waals surface area (Å²) in [4.78, 5) is 21.9. The van der Waals surface area contributed by atoms with Crippen LogP contribution in [0.15, 0.2) is 48.8 Å². The molecule has 0 bridgehead atoms. The van der Waals surface area contributed by atoms with Gasteiger partial charge in [-0.2, -0.15) is 0 Å². The Labute approximate surface area is 159 Å². The number of benzene rings is 1. The van der Waals surface area contributed by atoms with Crippen LogP contribution in [0.25, 0.3) is 0 Å². The third-order valence-corrected chi connectivity index (χ3v) is 5.88. The second kappa shape index (κ2) is 7.37. The number of carbonyl (C=O) groups excluding carboxylic acids is 1. The molecule has 1 aromatic carbocycles. The molecular weight excluding hydrogens is 346 g/mol. The van der Waals surface area contributed by atoms with Crippen LogP contribution in [0.5, 0.6) is 0 Å². The minimum absolute atomic E-state index is 0.209. The smallest absolute Gasteiger partial charge is 0.230 e. The summed E-state index contributed by atoms with van der Waals surface area (Å²) in [6.45, 7) is 4.20. The van der Waals surface area contributed by atoms with E-state index in [0.717, 1.165) is 56.0 Å². The van der Waals surface area contributed by atoms with E-state index in [1.54, 1.807) is 6.20 Å². The van der Waals surface area contributed by atoms with Gasteiger partial charge < -0.3 is 4.90 Å². The van der Waals surface area contributed by atoms with Gasteiger partial charge in [0.1, 0.15) is 0 Å². The molecule has 2 fully saturated rings. The van der Waals surface area contributed by atoms with Gasteiger partial charge in [0.05, 0.1) is 5.41 Å². The quantitative estimate of drug-likeness (QED) is 0.823. The van der Waals surface area contributed by atoms with Gasteiger partial charge in [0.25, 0.3) is 0 Å². The molecular formula is C21H24ClN3O. The van der Waals surface area contributed by atoms with Crippen LogP contribution in [-0.2, 0) is 17.9 Å². The molecule has 2 aliphatic rings. The van der Waals surface area contributed by atoms with E-state index in [0.29, 0.717) is 12.5 Å². The topological polar surface area (TPSA) is 36.4 Å². The first-order chi connectivity index (χ1) is 12.6. The highest BCUT2D eigenvalue weighted by Gasteiger charge is 2.48. The fourth-order valence-electron chi connectivity index (χ4n) is 4.38. The number of piperidine rings is 1. The number of amides is 1. The summed E-state index contributed by atoms with van der Waals surface area (Å²) in [7, 11) is 0. The van der Waals surface area contributed by atoms with Crippen LogP contribution in [-0.4, -0.2) is 40.3 Å². The molecule has 0 saturated carbocycles. The summed E-state index contributed by atoms with van der Waals surface area (Å²) >= 11 is 6.11. The standard InChI is InChI=1S/C21H24ClN3O/c22-19-6-1-4-17(12-19)14-24-11-8-21(16-24)7-3-10-25(20(21)26)15-18-5-2-9-23-13-18/h1-2,4-6,9,12-13H,3,7-8,10-11,14-16H2. The molecule has 1 spiro atoms. The van der Waals surface area contributed by atoms with Crippen molar-refractivity contribution >= 4 is 17.5 Å². The van der Waals surface area contributed by atoms with Crippen molar-refractivity contribution in [1.29, 1.82) is 0 Å². The van der Waals surface area contributed by atoms with Gasteiger partial charge in [0.15, 0.2) is 0 Å². The molecule has 3 heterocycles. The van der Waals surface area contributed by atoms with E-state index in [1.807, 2.05) is 41.4 Å². The van der Waals surface area contributed by atoms with E-state index in [2.05, 4.69) is 16.0 Å². The van der Waals surface area contributed by atoms with E-state index in [-0.39, 0.29) is 5.41 Å². The molecule has 0 aliphatic carbocycles. The van der Waals surface area contributed by atoms with Gasteiger partial charge in [0, 0.05) is 43.6 Å². The maximum absolute atomic E-state index is 13.3. The first-order valence-electron chi connectivity index (χ1n) is 9.30. The number of rotatable bonds is 4. The van der Waals surface area contributed by atoms with E-state index in [1.165, 1.54) is 5.56 Å². The average Bonchev–Trinajstić information content (AvgIpc) is 3.04. The van der Waals surface area contributed by atoms with Crippen molar-refractivity contribution in [3.05, 3.63) is 64.9 Å². The van der Waals surface area contributed by atoms with Crippen LogP contribution in [0.3, 0.4) is 0 Å². The van der Waals surface area contributed by atoms with E-state index < -0.39 is 0 Å². The largest absolute Gasteiger partial charge is 0.338 e. The molecule has 1 unspecified atom stereocenters. The lowest BCUT2D eigenvalue weighted by molar-refractivity contribution is -0.146. The molecule has 2 aromatic rings. The number of hydrogen-bond acceptors (Lipinski definition) is 3. The van der Waals surface area contributed by atoms with Crippen molar-refractivity contribution in [3.63, 3.8) is 0 Å². The van der Waals surface area contributed by atoms with Gasteiger partial charge >= 0.3 is 0 Å². The highest BCUT2D eigenvalue weighted by atomic mass is 35.5. The van der Waals surface area contributed by atoms with Gasteiger partial charge in [0.2, 0.25) is 5.91 Å². The summed E-state index contributed by atoms with van der Waals surface area (Å²) in [5.74, 6) is 0.321. The zero-order valence-corrected chi connectivity index (χ0v) is 15.7. The van der Waals surface area contributed by atoms with Crippen LogP contribution in [0.2, 0.25) is 5.02 Å². The Kier molecular flexibility index (Phi) is 4.96. The van der Waals surface area contributed by atoms with Crippen molar-refractivity contribution in [2.75, 3.05) is 19.6 Å². The Morgan fingerprint density at radius 1 is 1.08 bits per heavy atom. The molecule has 26 heavy (non-hydrogen) atoms. The lowest BCUT2D eigenvalue weighted by atomic mass is 9.78. The number of likely N-dealkylation sites (tertiary alicyclic amines) is 2. The zero-order valence-electron chi connectivity index (χ0n) is 14.9. The lowest BCUT2D eigenvalue weighted by Crippen LogP contribution is -2.49. The Hall–Kier alpha value is -1.91. The Morgan fingerprint density at radius 3 is 2.77 bits per heavy atom. The van der Waals surface area contributed by atoms with Crippen LogP contribution >= 0.6 is 11.6 Å². The number of halogens is 1. The molecule has 5 heteroatoms. The number of pyridine rings is 1. The fraction of sp³-hybridized carbons (Fsp3) is 0.429. The van der Waals surface area contributed by atoms with Gasteiger partial charge in [-0.25, -0.2) is 0 Å². The highest BCUT2D eigenvalue weighted by molar-refractivity contribution is 6.30. The molecule has 4 nitrogen and oxygen atoms in total. The summed E-state index contributed by atoms with van der Waals surface area (Å²) in [5, 5.41) is 0.771. The first kappa shape index (κ1) is 17.5. The van der Waals surface area contributed by atoms with Gasteiger partial charge in [-0.3, -0.25) is 14.7 Å². The predicted molar refractivity (Wildman–Crippen MR) is 103 cm³/mol. The maximum Gasteiger partial charge on any atom is 0.230 e. The van der Waals surface area contributed by atoms with Crippen LogP contribution in [0.1, 0.15) is 30.4 Å². The number of nitrogens with zero attached hydrogens (tertiary/aromatic N) is 3. The second-order valence-corrected chi connectivity index (χ2v) is 8.00. The summed E-state index contributed by atoms with van der Waals surface area (Å²) < 4.78 is 0. The van der Waals surface area contributed by atoms with E-state index >= 15 is 0 Å². The third-order valence-electron chi connectivity index (χ3n) is 5.65. The lowest BCUT2D eigenvalue weighted by Gasteiger charge is -2.39. The molecule has 2 aliphatic heterocycles. The van der Waals surface area contributed by atoms with Gasteiger partial charge in [-0.1, -0.05) is 29.8 Å². The summed E-state index contributed by atoms with van der Waals surface area (Å²) in [6.07, 6.45) is 6.66. The average molecular weight is 370 g/mol. The highest BCUT2D eigenvalue weighted by Crippen LogP contribution is 2.41.